The normalized spacial score (nSPS) is 13.5. The fourth-order valence-electron chi connectivity index (χ4n) is 10.2. The van der Waals surface area contributed by atoms with E-state index in [0.717, 1.165) is 28.2 Å². The van der Waals surface area contributed by atoms with E-state index in [1.165, 1.54) is 83.0 Å². The molecule has 302 valence electrons. The molecule has 2 unspecified atom stereocenters. The van der Waals surface area contributed by atoms with Crippen molar-refractivity contribution in [3.05, 3.63) is 253 Å². The molecule has 1 aliphatic rings. The SMILES string of the molecule is CC(c1cc(-c2ccccc2)nc(-c2ccccc2)c1)C1c2ccccc2-c2cc(-c3ccc4c(c3)c3ccccc3n4-c3cc(-c4ccccc4)cc(-c4ccccc4)c3)ccc21. The highest BCUT2D eigenvalue weighted by molar-refractivity contribution is 6.10. The van der Waals surface area contributed by atoms with Crippen molar-refractivity contribution in [2.24, 2.45) is 0 Å². The Morgan fingerprint density at radius 1 is 0.359 bits per heavy atom. The van der Waals surface area contributed by atoms with E-state index in [9.17, 15) is 0 Å². The van der Waals surface area contributed by atoms with Crippen LogP contribution in [0, 0.1) is 0 Å². The molecule has 2 heterocycles. The number of rotatable bonds is 8. The lowest BCUT2D eigenvalue weighted by Gasteiger charge is -2.24. The van der Waals surface area contributed by atoms with Crippen LogP contribution < -0.4 is 0 Å². The van der Waals surface area contributed by atoms with Gasteiger partial charge in [0.2, 0.25) is 0 Å². The maximum absolute atomic E-state index is 5.21. The summed E-state index contributed by atoms with van der Waals surface area (Å²) in [6, 6.07) is 86.3. The second-order valence-corrected chi connectivity index (χ2v) is 17.1. The molecule has 2 atom stereocenters. The number of benzene rings is 9. The van der Waals surface area contributed by atoms with Crippen molar-refractivity contribution in [1.29, 1.82) is 0 Å². The van der Waals surface area contributed by atoms with Crippen molar-refractivity contribution in [2.45, 2.75) is 18.8 Å². The topological polar surface area (TPSA) is 17.8 Å². The number of nitrogens with zero attached hydrogens (tertiary/aromatic N) is 2. The maximum Gasteiger partial charge on any atom is 0.0712 e. The van der Waals surface area contributed by atoms with Gasteiger partial charge in [0.05, 0.1) is 22.4 Å². The minimum Gasteiger partial charge on any atom is -0.309 e. The van der Waals surface area contributed by atoms with Gasteiger partial charge in [0.1, 0.15) is 0 Å². The highest BCUT2D eigenvalue weighted by Crippen LogP contribution is 2.52. The van der Waals surface area contributed by atoms with E-state index >= 15 is 0 Å². The predicted molar refractivity (Wildman–Crippen MR) is 268 cm³/mol. The van der Waals surface area contributed by atoms with Crippen LogP contribution in [0.1, 0.15) is 35.4 Å². The van der Waals surface area contributed by atoms with Crippen molar-refractivity contribution >= 4 is 21.8 Å². The minimum atomic E-state index is 0.197. The number of pyridine rings is 1. The average molecular weight is 817 g/mol. The van der Waals surface area contributed by atoms with E-state index in [2.05, 4.69) is 248 Å². The van der Waals surface area contributed by atoms with Gasteiger partial charge in [-0.3, -0.25) is 0 Å². The van der Waals surface area contributed by atoms with Crippen molar-refractivity contribution in [1.82, 2.24) is 9.55 Å². The van der Waals surface area contributed by atoms with Crippen molar-refractivity contribution in [3.8, 4) is 72.7 Å². The molecule has 0 saturated carbocycles. The standard InChI is InChI=1S/C62H44N2/c1-41(48-39-58(44-22-10-4-11-23-44)63-59(40-48)45-24-12-5-13-25-45)62-54-28-15-14-26-52(54)56-37-46(30-32-55(56)62)47-31-33-61-57(38-47)53-27-16-17-29-60(53)64(61)51-35-49(42-18-6-2-7-19-42)34-50(36-51)43-20-8-3-9-21-43/h2-41,62H,1H3. The fraction of sp³-hybridized carbons (Fsp3) is 0.0484. The van der Waals surface area contributed by atoms with Gasteiger partial charge in [-0.15, -0.1) is 0 Å². The van der Waals surface area contributed by atoms with Crippen molar-refractivity contribution < 1.29 is 0 Å². The first-order valence-electron chi connectivity index (χ1n) is 22.3. The number of hydrogen-bond donors (Lipinski definition) is 0. The molecule has 9 aromatic carbocycles. The Morgan fingerprint density at radius 2 is 0.859 bits per heavy atom. The molecule has 11 aromatic rings. The first-order chi connectivity index (χ1) is 31.6. The lowest BCUT2D eigenvalue weighted by atomic mass is 9.80. The van der Waals surface area contributed by atoms with Crippen LogP contribution in [0.5, 0.6) is 0 Å². The molecule has 0 N–H and O–H groups in total. The van der Waals surface area contributed by atoms with E-state index in [-0.39, 0.29) is 11.8 Å². The zero-order chi connectivity index (χ0) is 42.6. The summed E-state index contributed by atoms with van der Waals surface area (Å²) >= 11 is 0. The summed E-state index contributed by atoms with van der Waals surface area (Å²) in [5.41, 5.74) is 21.7. The molecule has 64 heavy (non-hydrogen) atoms. The van der Waals surface area contributed by atoms with Gasteiger partial charge < -0.3 is 4.57 Å². The maximum atomic E-state index is 5.21. The van der Waals surface area contributed by atoms with Crippen LogP contribution in [0.25, 0.3) is 94.5 Å². The van der Waals surface area contributed by atoms with E-state index in [0.29, 0.717) is 0 Å². The first-order valence-corrected chi connectivity index (χ1v) is 22.3. The lowest BCUT2D eigenvalue weighted by molar-refractivity contribution is 0.670. The Bertz CT molecular complexity index is 3380. The summed E-state index contributed by atoms with van der Waals surface area (Å²) in [5, 5.41) is 2.49. The molecule has 2 nitrogen and oxygen atoms in total. The molecule has 0 aliphatic heterocycles. The van der Waals surface area contributed by atoms with E-state index in [1.54, 1.807) is 0 Å². The van der Waals surface area contributed by atoms with Gasteiger partial charge in [-0.2, -0.15) is 0 Å². The van der Waals surface area contributed by atoms with Gasteiger partial charge in [-0.1, -0.05) is 189 Å². The van der Waals surface area contributed by atoms with Gasteiger partial charge >= 0.3 is 0 Å². The highest BCUT2D eigenvalue weighted by atomic mass is 15.0. The molecule has 1 aliphatic carbocycles. The third-order valence-electron chi connectivity index (χ3n) is 13.4. The minimum absolute atomic E-state index is 0.197. The second-order valence-electron chi connectivity index (χ2n) is 17.1. The molecule has 0 radical (unpaired) electrons. The van der Waals surface area contributed by atoms with Gasteiger partial charge in [-0.05, 0) is 122 Å². The Labute approximate surface area is 374 Å². The Morgan fingerprint density at radius 3 is 1.50 bits per heavy atom. The number of fused-ring (bicyclic) bond motifs is 6. The van der Waals surface area contributed by atoms with Gasteiger partial charge in [0, 0.05) is 33.5 Å². The molecule has 0 saturated heterocycles. The summed E-state index contributed by atoms with van der Waals surface area (Å²) < 4.78 is 2.45. The van der Waals surface area contributed by atoms with E-state index < -0.39 is 0 Å². The number of hydrogen-bond acceptors (Lipinski definition) is 1. The zero-order valence-electron chi connectivity index (χ0n) is 35.6. The van der Waals surface area contributed by atoms with Crippen LogP contribution in [0.2, 0.25) is 0 Å². The van der Waals surface area contributed by atoms with Crippen molar-refractivity contribution in [2.75, 3.05) is 0 Å². The number of aromatic nitrogens is 2. The second kappa shape index (κ2) is 15.7. The molecular weight excluding hydrogens is 773 g/mol. The quantitative estimate of drug-likeness (QED) is 0.149. The first kappa shape index (κ1) is 37.7. The largest absolute Gasteiger partial charge is 0.309 e. The zero-order valence-corrected chi connectivity index (χ0v) is 35.6. The third kappa shape index (κ3) is 6.55. The lowest BCUT2D eigenvalue weighted by Crippen LogP contribution is -2.08. The summed E-state index contributed by atoms with van der Waals surface area (Å²) in [5.74, 6) is 0.397. The molecule has 0 fully saturated rings. The monoisotopic (exact) mass is 816 g/mol. The van der Waals surface area contributed by atoms with Gasteiger partial charge in [-0.25, -0.2) is 4.98 Å². The van der Waals surface area contributed by atoms with Crippen LogP contribution in [0.4, 0.5) is 0 Å². The Balaban J connectivity index is 0.966. The summed E-state index contributed by atoms with van der Waals surface area (Å²) in [7, 11) is 0. The predicted octanol–water partition coefficient (Wildman–Crippen LogP) is 16.4. The molecular formula is C62H44N2. The highest BCUT2D eigenvalue weighted by Gasteiger charge is 2.34. The molecule has 12 rings (SSSR count). The Hall–Kier alpha value is -8.07. The average Bonchev–Trinajstić information content (AvgIpc) is 3.89. The van der Waals surface area contributed by atoms with Crippen molar-refractivity contribution in [3.63, 3.8) is 0 Å². The van der Waals surface area contributed by atoms with Crippen LogP contribution >= 0.6 is 0 Å². The van der Waals surface area contributed by atoms with Crippen LogP contribution in [0.3, 0.4) is 0 Å². The molecule has 2 heteroatoms. The summed E-state index contributed by atoms with van der Waals surface area (Å²) in [6.45, 7) is 2.39. The van der Waals surface area contributed by atoms with E-state index in [1.807, 2.05) is 0 Å². The summed E-state index contributed by atoms with van der Waals surface area (Å²) in [6.07, 6.45) is 0. The third-order valence-corrected chi connectivity index (χ3v) is 13.4. The Kier molecular flexibility index (Phi) is 9.23. The number of para-hydroxylation sites is 1. The molecule has 0 spiro atoms. The summed E-state index contributed by atoms with van der Waals surface area (Å²) in [4.78, 5) is 5.21. The smallest absolute Gasteiger partial charge is 0.0712 e. The van der Waals surface area contributed by atoms with Gasteiger partial charge in [0.25, 0.3) is 0 Å². The van der Waals surface area contributed by atoms with E-state index in [4.69, 9.17) is 4.98 Å². The van der Waals surface area contributed by atoms with Gasteiger partial charge in [0.15, 0.2) is 0 Å². The molecule has 0 amide bonds. The van der Waals surface area contributed by atoms with Crippen LogP contribution in [-0.4, -0.2) is 9.55 Å². The van der Waals surface area contributed by atoms with Crippen LogP contribution in [0.15, 0.2) is 237 Å². The molecule has 2 aromatic heterocycles. The van der Waals surface area contributed by atoms with Crippen LogP contribution in [-0.2, 0) is 0 Å². The fourth-order valence-corrected chi connectivity index (χ4v) is 10.2. The molecule has 0 bridgehead atoms.